The van der Waals surface area contributed by atoms with E-state index in [2.05, 4.69) is 21.3 Å². The molecule has 25 heteroatoms. The van der Waals surface area contributed by atoms with E-state index in [4.69, 9.17) is 0 Å². The number of hydrogen-bond donors (Lipinski definition) is 5. The Hall–Kier alpha value is -7.96. The van der Waals surface area contributed by atoms with Crippen molar-refractivity contribution in [2.75, 3.05) is 54.9 Å². The molecule has 5 aliphatic rings. The highest BCUT2D eigenvalue weighted by Crippen LogP contribution is 2.32. The van der Waals surface area contributed by atoms with Gasteiger partial charge in [0.05, 0.1) is 18.6 Å². The van der Waals surface area contributed by atoms with Crippen LogP contribution in [0.2, 0.25) is 0 Å². The molecule has 25 nitrogen and oxygen atoms in total. The Bertz CT molecular complexity index is 3010. The largest absolute Gasteiger partial charge is 0.391 e. The number of hydrogen-bond acceptors (Lipinski definition) is 13. The molecule has 2 aromatic carbocycles. The maximum absolute atomic E-state index is 15.2. The average Bonchev–Trinajstić information content (AvgIpc) is 1.01. The summed E-state index contributed by atoms with van der Waals surface area (Å²) in [6.07, 6.45) is 0.905. The topological polar surface area (TPSA) is 299 Å². The molecule has 7 rings (SSSR count). The van der Waals surface area contributed by atoms with Crippen molar-refractivity contribution in [1.82, 2.24) is 60.5 Å². The van der Waals surface area contributed by atoms with Crippen LogP contribution in [0.1, 0.15) is 132 Å². The van der Waals surface area contributed by atoms with Gasteiger partial charge >= 0.3 is 0 Å². The van der Waals surface area contributed by atoms with Gasteiger partial charge in [-0.15, -0.1) is 0 Å². The molecule has 0 saturated carbocycles. The monoisotopic (exact) mass is 1290 g/mol. The molecule has 0 aliphatic carbocycles. The van der Waals surface area contributed by atoms with Crippen LogP contribution in [0.3, 0.4) is 0 Å². The van der Waals surface area contributed by atoms with Crippen molar-refractivity contribution in [3.63, 3.8) is 0 Å². The van der Waals surface area contributed by atoms with Crippen molar-refractivity contribution in [2.24, 2.45) is 17.8 Å². The molecule has 512 valence electrons. The van der Waals surface area contributed by atoms with Crippen LogP contribution in [0.4, 0.5) is 0 Å². The molecule has 5 N–H and O–H groups in total. The molecule has 0 spiro atoms. The highest BCUT2D eigenvalue weighted by atomic mass is 16.3. The molecule has 12 amide bonds. The van der Waals surface area contributed by atoms with Gasteiger partial charge < -0.3 is 65.6 Å². The number of aliphatic hydroxyl groups is 1. The lowest BCUT2D eigenvalue weighted by Crippen LogP contribution is -2.75. The zero-order chi connectivity index (χ0) is 69.0. The first-order chi connectivity index (χ1) is 43.8. The molecule has 0 radical (unpaired) electrons. The molecular weight excluding hydrogens is 1190 g/mol. The number of benzene rings is 2. The number of aliphatic hydroxyl groups excluding tert-OH is 1. The number of nitrogens with one attached hydrogen (secondary N) is 4. The quantitative estimate of drug-likeness (QED) is 0.158. The third kappa shape index (κ3) is 17.8. The van der Waals surface area contributed by atoms with E-state index in [9.17, 15) is 53.1 Å². The van der Waals surface area contributed by atoms with E-state index in [1.54, 1.807) is 68.1 Å². The molecule has 5 saturated heterocycles. The Labute approximate surface area is 548 Å². The molecule has 0 aromatic heterocycles. The summed E-state index contributed by atoms with van der Waals surface area (Å²) >= 11 is 0. The van der Waals surface area contributed by atoms with E-state index in [0.29, 0.717) is 43.5 Å². The number of amides is 12. The van der Waals surface area contributed by atoms with Crippen molar-refractivity contribution in [3.05, 3.63) is 71.8 Å². The van der Waals surface area contributed by atoms with Crippen molar-refractivity contribution in [1.29, 1.82) is 0 Å². The normalized spacial score (nSPS) is 28.5. The van der Waals surface area contributed by atoms with Gasteiger partial charge in [-0.3, -0.25) is 57.5 Å². The summed E-state index contributed by atoms with van der Waals surface area (Å²) < 4.78 is 0. The lowest BCUT2D eigenvalue weighted by atomic mass is 9.89. The van der Waals surface area contributed by atoms with Crippen LogP contribution in [-0.2, 0) is 70.4 Å². The lowest BCUT2D eigenvalue weighted by molar-refractivity contribution is -0.172. The van der Waals surface area contributed by atoms with Crippen LogP contribution in [0.25, 0.3) is 0 Å². The number of likely N-dealkylation sites (tertiary alicyclic amines) is 1. The Balaban J connectivity index is 1.42. The summed E-state index contributed by atoms with van der Waals surface area (Å²) in [7, 11) is 7.05. The summed E-state index contributed by atoms with van der Waals surface area (Å²) in [5.74, 6) is -9.20. The fourth-order valence-corrected chi connectivity index (χ4v) is 13.1. The Morgan fingerprint density at radius 2 is 1.03 bits per heavy atom. The SMILES string of the molecule is CC(C)C[C@@H]1NC(=O)[C@@H]2CCCN2C(=O)[C@@H](Cc2ccccc2)N(C)C(=O)[C@H](C)N(C)C(=O)[C@H]([C@@H](C)O)NC(=O)[C@@H](C(C)C)NC(=O)C[C@@H](C(=O)N2CCCCC2)NC(=O)[C@H](CC(C)C)N(C)C(=O)[C@H](C)N(C)C(=O)[C@H](Cc2ccccc2)N2C(=O)[C@H](C2C)N(C)C1=O. The minimum absolute atomic E-state index is 0.00353. The Kier molecular flexibility index (Phi) is 26.1. The minimum Gasteiger partial charge on any atom is -0.391 e. The summed E-state index contributed by atoms with van der Waals surface area (Å²) in [5, 5.41) is 22.1. The summed E-state index contributed by atoms with van der Waals surface area (Å²) in [5.41, 5.74) is 1.38. The fourth-order valence-electron chi connectivity index (χ4n) is 13.1. The molecule has 5 fully saturated rings. The van der Waals surface area contributed by atoms with Crippen LogP contribution >= 0.6 is 0 Å². The number of piperidine rings is 1. The van der Waals surface area contributed by atoms with E-state index in [0.717, 1.165) is 11.3 Å². The van der Waals surface area contributed by atoms with Crippen LogP contribution in [-0.4, -0.2) is 249 Å². The average molecular weight is 1300 g/mol. The summed E-state index contributed by atoms with van der Waals surface area (Å²) in [6.45, 7) is 17.5. The zero-order valence-electron chi connectivity index (χ0n) is 57.1. The molecule has 93 heavy (non-hydrogen) atoms. The molecule has 2 aromatic rings. The standard InChI is InChI=1S/C68H102N12O13/c1-39(2)34-48-63(88)77(15)57-42(7)80(68(57)93)53(37-47-28-21-17-22-29-47)65(90)73(11)43(8)61(86)75(13)51(35-40(3)4)59(84)70-49(64(89)78-31-23-18-24-32-78)38-54(82)71-55(41(5)6)60(85)72-56(45(10)81)67(92)74(12)44(9)62(87)76(14)52(36-46-26-19-16-20-27-46)66(91)79-33-25-30-50(79)58(83)69-48/h16-17,19-22,26-29,39-45,48-53,55-57,81H,18,23-25,30-38H2,1-15H3,(H,69,83)(H,70,84)(H,71,82)(H,72,85)/t42?,43-,44-,45+,48-,49-,50-,51-,52+,53-,55+,56-,57-/m0/s1. The smallest absolute Gasteiger partial charge is 0.248 e. The van der Waals surface area contributed by atoms with Crippen LogP contribution < -0.4 is 21.3 Å². The van der Waals surface area contributed by atoms with Crippen LogP contribution in [0.5, 0.6) is 0 Å². The van der Waals surface area contributed by atoms with E-state index in [1.807, 2.05) is 45.9 Å². The van der Waals surface area contributed by atoms with Crippen molar-refractivity contribution in [2.45, 2.75) is 212 Å². The molecule has 5 heterocycles. The van der Waals surface area contributed by atoms with Gasteiger partial charge in [-0.1, -0.05) is 102 Å². The third-order valence-electron chi connectivity index (χ3n) is 19.0. The lowest BCUT2D eigenvalue weighted by Gasteiger charge is -2.52. The van der Waals surface area contributed by atoms with E-state index < -0.39 is 162 Å². The maximum Gasteiger partial charge on any atom is 0.248 e. The number of likely N-dealkylation sites (N-methyl/N-ethyl adjacent to an activating group) is 5. The van der Waals surface area contributed by atoms with Gasteiger partial charge in [-0.2, -0.15) is 0 Å². The van der Waals surface area contributed by atoms with Gasteiger partial charge in [0.15, 0.2) is 0 Å². The highest BCUT2D eigenvalue weighted by Gasteiger charge is 2.54. The van der Waals surface area contributed by atoms with Gasteiger partial charge in [0.1, 0.15) is 66.5 Å². The van der Waals surface area contributed by atoms with Crippen LogP contribution in [0, 0.1) is 17.8 Å². The van der Waals surface area contributed by atoms with Gasteiger partial charge in [0, 0.05) is 67.7 Å². The molecule has 13 atom stereocenters. The first-order valence-electron chi connectivity index (χ1n) is 33.0. The molecule has 5 aliphatic heterocycles. The predicted molar refractivity (Wildman–Crippen MR) is 347 cm³/mol. The van der Waals surface area contributed by atoms with E-state index in [1.165, 1.54) is 85.4 Å². The molecule has 1 unspecified atom stereocenters. The number of carbonyl (C=O) groups excluding carboxylic acids is 12. The summed E-state index contributed by atoms with van der Waals surface area (Å²) in [6, 6.07) is 3.12. The second-order valence-corrected chi connectivity index (χ2v) is 27.1. The number of β-lactam (4-membered cyclic amide) rings is 1. The third-order valence-corrected chi connectivity index (χ3v) is 19.0. The number of fused-ring (bicyclic) bond motifs is 27. The summed E-state index contributed by atoms with van der Waals surface area (Å²) in [4.78, 5) is 187. The number of rotatable bonds is 11. The van der Waals surface area contributed by atoms with E-state index >= 15 is 9.59 Å². The number of carbonyl (C=O) groups is 12. The van der Waals surface area contributed by atoms with Gasteiger partial charge in [-0.05, 0) is 102 Å². The Morgan fingerprint density at radius 3 is 1.55 bits per heavy atom. The van der Waals surface area contributed by atoms with Gasteiger partial charge in [0.25, 0.3) is 0 Å². The molecular formula is C68H102N12O13. The second-order valence-electron chi connectivity index (χ2n) is 27.1. The predicted octanol–water partition coefficient (Wildman–Crippen LogP) is 1.72. The zero-order valence-corrected chi connectivity index (χ0v) is 57.1. The molecule has 2 bridgehead atoms. The van der Waals surface area contributed by atoms with Gasteiger partial charge in [-0.25, -0.2) is 0 Å². The number of nitrogens with zero attached hydrogens (tertiary/aromatic N) is 8. The van der Waals surface area contributed by atoms with E-state index in [-0.39, 0.29) is 50.5 Å². The van der Waals surface area contributed by atoms with Crippen LogP contribution in [0.15, 0.2) is 60.7 Å². The maximum atomic E-state index is 15.2. The fraction of sp³-hybridized carbons (Fsp3) is 0.647. The second kappa shape index (κ2) is 32.7. The van der Waals surface area contributed by atoms with Crippen molar-refractivity contribution in [3.8, 4) is 0 Å². The Morgan fingerprint density at radius 1 is 0.505 bits per heavy atom. The highest BCUT2D eigenvalue weighted by molar-refractivity contribution is 6.02. The van der Waals surface area contributed by atoms with Crippen molar-refractivity contribution >= 4 is 70.9 Å². The van der Waals surface area contributed by atoms with Gasteiger partial charge in [0.2, 0.25) is 70.9 Å². The first kappa shape index (κ1) is 74.1. The van der Waals surface area contributed by atoms with Crippen molar-refractivity contribution < 1.29 is 62.6 Å². The minimum atomic E-state index is -1.67. The first-order valence-corrected chi connectivity index (χ1v) is 33.0.